The molecule has 11 aromatic rings. The summed E-state index contributed by atoms with van der Waals surface area (Å²) in [6, 6.07) is 101. The lowest BCUT2D eigenvalue weighted by atomic mass is 9.82. The Balaban J connectivity index is 0.904. The number of hydrogen-bond donors (Lipinski definition) is 0. The molecule has 0 N–H and O–H groups in total. The van der Waals surface area contributed by atoms with Crippen molar-refractivity contribution in [2.45, 2.75) is 57.3 Å². The molecule has 372 valence electrons. The van der Waals surface area contributed by atoms with Gasteiger partial charge in [-0.3, -0.25) is 0 Å². The van der Waals surface area contributed by atoms with E-state index in [1.165, 1.54) is 121 Å². The maximum atomic E-state index is 2.47. The van der Waals surface area contributed by atoms with Crippen LogP contribution in [0.15, 0.2) is 273 Å². The molecule has 0 unspecified atom stereocenters. The van der Waals surface area contributed by atoms with Gasteiger partial charge in [-0.1, -0.05) is 221 Å². The van der Waals surface area contributed by atoms with Crippen molar-refractivity contribution in [2.75, 3.05) is 9.80 Å². The normalized spacial score (nSPS) is 13.6. The second kappa shape index (κ2) is 20.6. The number of hydrogen-bond acceptors (Lipinski definition) is 2. The van der Waals surface area contributed by atoms with Crippen LogP contribution in [0.1, 0.15) is 68.6 Å². The van der Waals surface area contributed by atoms with Gasteiger partial charge >= 0.3 is 0 Å². The summed E-state index contributed by atoms with van der Waals surface area (Å²) >= 11 is 0. The minimum atomic E-state index is -0.112. The SMILES string of the molecule is CC1(C)c2ccccc2-c2ccc(N(c3ccc(-c4cc(-c5ccccc5)c(-c5ccc(N(c6ccccc6)c6ccc(-c7ccccc7)cc6)cc5)cc4-c4ccccc4)cc3)c3ccc(C4CCCCC4)cc3)cc21. The van der Waals surface area contributed by atoms with E-state index in [2.05, 4.69) is 297 Å². The first kappa shape index (κ1) is 47.7. The van der Waals surface area contributed by atoms with E-state index in [1.54, 1.807) is 0 Å². The van der Waals surface area contributed by atoms with Crippen molar-refractivity contribution in [3.05, 3.63) is 290 Å². The maximum absolute atomic E-state index is 2.47. The van der Waals surface area contributed by atoms with E-state index in [-0.39, 0.29) is 5.41 Å². The fourth-order valence-electron chi connectivity index (χ4n) is 12.4. The van der Waals surface area contributed by atoms with Crippen LogP contribution in [-0.2, 0) is 5.41 Å². The molecule has 1 fully saturated rings. The van der Waals surface area contributed by atoms with Crippen LogP contribution in [0.2, 0.25) is 0 Å². The molecule has 13 rings (SSSR count). The fourth-order valence-corrected chi connectivity index (χ4v) is 12.4. The summed E-state index contributed by atoms with van der Waals surface area (Å²) in [5.41, 5.74) is 25.4. The van der Waals surface area contributed by atoms with E-state index in [1.807, 2.05) is 0 Å². The third-order valence-electron chi connectivity index (χ3n) is 16.5. The Kier molecular flexibility index (Phi) is 12.8. The van der Waals surface area contributed by atoms with Crippen molar-refractivity contribution in [1.29, 1.82) is 0 Å². The number of fused-ring (bicyclic) bond motifs is 3. The largest absolute Gasteiger partial charge is 0.311 e. The van der Waals surface area contributed by atoms with E-state index < -0.39 is 0 Å². The van der Waals surface area contributed by atoms with Crippen molar-refractivity contribution in [3.8, 4) is 66.8 Å². The predicted octanol–water partition coefficient (Wildman–Crippen LogP) is 21.3. The summed E-state index contributed by atoms with van der Waals surface area (Å²) in [6.07, 6.45) is 6.58. The van der Waals surface area contributed by atoms with Gasteiger partial charge in [0.15, 0.2) is 0 Å². The van der Waals surface area contributed by atoms with Gasteiger partial charge in [-0.2, -0.15) is 0 Å². The van der Waals surface area contributed by atoms with Crippen molar-refractivity contribution in [3.63, 3.8) is 0 Å². The summed E-state index contributed by atoms with van der Waals surface area (Å²) in [7, 11) is 0. The fraction of sp³-hybridized carbons (Fsp3) is 0.120. The van der Waals surface area contributed by atoms with Gasteiger partial charge < -0.3 is 9.80 Å². The van der Waals surface area contributed by atoms with Gasteiger partial charge in [0.05, 0.1) is 0 Å². The van der Waals surface area contributed by atoms with E-state index in [4.69, 9.17) is 0 Å². The molecular formula is C75H62N2. The Bertz CT molecular complexity index is 3800. The quantitative estimate of drug-likeness (QED) is 0.120. The molecule has 0 heterocycles. The van der Waals surface area contributed by atoms with E-state index in [0.29, 0.717) is 5.92 Å². The van der Waals surface area contributed by atoms with Crippen LogP contribution in [0.4, 0.5) is 34.1 Å². The number of anilines is 6. The third kappa shape index (κ3) is 9.25. The lowest BCUT2D eigenvalue weighted by Gasteiger charge is -2.29. The van der Waals surface area contributed by atoms with Gasteiger partial charge in [-0.05, 0) is 187 Å². The monoisotopic (exact) mass is 990 g/mol. The maximum Gasteiger partial charge on any atom is 0.0465 e. The molecule has 2 heteroatoms. The summed E-state index contributed by atoms with van der Waals surface area (Å²) in [4.78, 5) is 4.81. The molecule has 0 saturated heterocycles. The Morgan fingerprint density at radius 2 is 0.623 bits per heavy atom. The molecule has 2 aliphatic carbocycles. The zero-order valence-electron chi connectivity index (χ0n) is 44.0. The molecule has 0 aliphatic heterocycles. The second-order valence-electron chi connectivity index (χ2n) is 21.5. The zero-order valence-corrected chi connectivity index (χ0v) is 44.0. The van der Waals surface area contributed by atoms with Gasteiger partial charge in [0.2, 0.25) is 0 Å². The Labute approximate surface area is 455 Å². The number of nitrogens with zero attached hydrogens (tertiary/aromatic N) is 2. The molecule has 0 atom stereocenters. The van der Waals surface area contributed by atoms with E-state index >= 15 is 0 Å². The lowest BCUT2D eigenvalue weighted by Crippen LogP contribution is -2.16. The van der Waals surface area contributed by atoms with Crippen molar-refractivity contribution >= 4 is 34.1 Å². The highest BCUT2D eigenvalue weighted by Crippen LogP contribution is 2.51. The van der Waals surface area contributed by atoms with Gasteiger partial charge in [0, 0.05) is 39.5 Å². The predicted molar refractivity (Wildman–Crippen MR) is 326 cm³/mol. The molecule has 1 saturated carbocycles. The van der Waals surface area contributed by atoms with Gasteiger partial charge in [-0.15, -0.1) is 0 Å². The van der Waals surface area contributed by atoms with Gasteiger partial charge in [-0.25, -0.2) is 0 Å². The molecule has 2 nitrogen and oxygen atoms in total. The number of benzene rings is 11. The van der Waals surface area contributed by atoms with Crippen LogP contribution in [0.25, 0.3) is 66.8 Å². The van der Waals surface area contributed by atoms with Gasteiger partial charge in [0.25, 0.3) is 0 Å². The Morgan fingerprint density at radius 3 is 1.13 bits per heavy atom. The molecule has 0 spiro atoms. The molecule has 2 aliphatic rings. The molecule has 11 aromatic carbocycles. The second-order valence-corrected chi connectivity index (χ2v) is 21.5. The lowest BCUT2D eigenvalue weighted by molar-refractivity contribution is 0.443. The van der Waals surface area contributed by atoms with Crippen LogP contribution in [0.5, 0.6) is 0 Å². The smallest absolute Gasteiger partial charge is 0.0465 e. The summed E-state index contributed by atoms with van der Waals surface area (Å²) < 4.78 is 0. The highest BCUT2D eigenvalue weighted by atomic mass is 15.1. The first-order chi connectivity index (χ1) is 37.9. The summed E-state index contributed by atoms with van der Waals surface area (Å²) in [5.74, 6) is 0.648. The van der Waals surface area contributed by atoms with Gasteiger partial charge in [0.1, 0.15) is 0 Å². The molecule has 0 radical (unpaired) electrons. The first-order valence-electron chi connectivity index (χ1n) is 27.6. The third-order valence-corrected chi connectivity index (χ3v) is 16.5. The zero-order chi connectivity index (χ0) is 51.7. The average Bonchev–Trinajstić information content (AvgIpc) is 3.75. The first-order valence-corrected chi connectivity index (χ1v) is 27.6. The van der Waals surface area contributed by atoms with Crippen LogP contribution < -0.4 is 9.80 Å². The Hall–Kier alpha value is -8.98. The van der Waals surface area contributed by atoms with E-state index in [9.17, 15) is 0 Å². The molecule has 77 heavy (non-hydrogen) atoms. The highest BCUT2D eigenvalue weighted by molar-refractivity contribution is 5.96. The van der Waals surface area contributed by atoms with Crippen LogP contribution in [-0.4, -0.2) is 0 Å². The van der Waals surface area contributed by atoms with Crippen molar-refractivity contribution in [1.82, 2.24) is 0 Å². The van der Waals surface area contributed by atoms with Crippen molar-refractivity contribution < 1.29 is 0 Å². The summed E-state index contributed by atoms with van der Waals surface area (Å²) in [5, 5.41) is 0. The van der Waals surface area contributed by atoms with Crippen LogP contribution in [0.3, 0.4) is 0 Å². The summed E-state index contributed by atoms with van der Waals surface area (Å²) in [6.45, 7) is 4.75. The average molecular weight is 991 g/mol. The minimum Gasteiger partial charge on any atom is -0.311 e. The Morgan fingerprint density at radius 1 is 0.273 bits per heavy atom. The van der Waals surface area contributed by atoms with Crippen LogP contribution in [0, 0.1) is 0 Å². The number of para-hydroxylation sites is 1. The number of rotatable bonds is 12. The standard InChI is InChI=1S/C75H62N2/c1-75(2)73-31-19-18-30-67(73)68-49-48-66(50-74(68)75)77(64-42-34-56(35-43-64)54-22-10-4-11-23-54)65-46-38-60(39-47-65)72-52-69(57-24-12-5-13-25-57)71(51-70(72)58-26-14-6-15-27-58)59-36-44-63(45-37-59)76(61-28-16-7-17-29-61)62-40-32-55(33-41-62)53-20-8-3-9-21-53/h3,5-9,12-21,24-52,54H,4,10-11,22-23H2,1-2H3. The van der Waals surface area contributed by atoms with Crippen LogP contribution >= 0.6 is 0 Å². The molecule has 0 amide bonds. The molecule has 0 bridgehead atoms. The highest BCUT2D eigenvalue weighted by Gasteiger charge is 2.36. The topological polar surface area (TPSA) is 6.48 Å². The minimum absolute atomic E-state index is 0.112. The van der Waals surface area contributed by atoms with Crippen molar-refractivity contribution in [2.24, 2.45) is 0 Å². The molecular weight excluding hydrogens is 929 g/mol. The molecule has 0 aromatic heterocycles. The van der Waals surface area contributed by atoms with E-state index in [0.717, 1.165) is 28.3 Å².